The Labute approximate surface area is 211 Å². The van der Waals surface area contributed by atoms with E-state index in [9.17, 15) is 14.7 Å². The molecule has 1 aliphatic rings. The molecule has 2 heterocycles. The summed E-state index contributed by atoms with van der Waals surface area (Å²) < 4.78 is 1.57. The van der Waals surface area contributed by atoms with Crippen molar-refractivity contribution in [1.29, 1.82) is 5.26 Å². The standard InChI is InChI=1S/C24H22Cl2N6O3/c1-24(2,35)19-12-31(23(28)34)11-18-20(22(33)29-15-6-3-13(10-27)4-7-15)21(30-32(18)19)14-5-8-16(25)17(26)9-14/h3-9,19,35H,11-12H2,1-2H3,(H2,28,34)(H,29,33). The van der Waals surface area contributed by atoms with Crippen LogP contribution in [0.2, 0.25) is 10.0 Å². The van der Waals surface area contributed by atoms with Crippen LogP contribution in [-0.4, -0.2) is 43.9 Å². The molecule has 0 radical (unpaired) electrons. The maximum Gasteiger partial charge on any atom is 0.315 e. The quantitative estimate of drug-likeness (QED) is 0.481. The summed E-state index contributed by atoms with van der Waals surface area (Å²) >= 11 is 12.3. The molecular formula is C24H22Cl2N6O3. The Bertz CT molecular complexity index is 1360. The highest BCUT2D eigenvalue weighted by Crippen LogP contribution is 2.37. The molecule has 0 saturated carbocycles. The Balaban J connectivity index is 1.89. The summed E-state index contributed by atoms with van der Waals surface area (Å²) in [5.41, 5.74) is 6.67. The van der Waals surface area contributed by atoms with E-state index in [1.165, 1.54) is 4.90 Å². The fraction of sp³-hybridized carbons (Fsp3) is 0.250. The Morgan fingerprint density at radius 3 is 2.46 bits per heavy atom. The Hall–Kier alpha value is -3.58. The van der Waals surface area contributed by atoms with E-state index < -0.39 is 23.6 Å². The van der Waals surface area contributed by atoms with Gasteiger partial charge in [0.15, 0.2) is 0 Å². The van der Waals surface area contributed by atoms with Crippen molar-refractivity contribution in [3.63, 3.8) is 0 Å². The lowest BCUT2D eigenvalue weighted by Crippen LogP contribution is -2.50. The number of benzene rings is 2. The van der Waals surface area contributed by atoms with Gasteiger partial charge in [-0.15, -0.1) is 0 Å². The first-order valence-corrected chi connectivity index (χ1v) is 11.4. The van der Waals surface area contributed by atoms with E-state index in [-0.39, 0.29) is 23.7 Å². The molecule has 3 aromatic rings. The fourth-order valence-corrected chi connectivity index (χ4v) is 4.30. The number of hydrogen-bond acceptors (Lipinski definition) is 5. The molecule has 9 nitrogen and oxygen atoms in total. The molecule has 4 rings (SSSR count). The SMILES string of the molecule is CC(C)(O)C1CN(C(N)=O)Cc2c(C(=O)Nc3ccc(C#N)cc3)c(-c3ccc(Cl)c(Cl)c3)nn21. The van der Waals surface area contributed by atoms with Gasteiger partial charge in [-0.3, -0.25) is 9.48 Å². The third-order valence-electron chi connectivity index (χ3n) is 5.86. The average Bonchev–Trinajstić information content (AvgIpc) is 3.19. The number of nitriles is 1. The maximum atomic E-state index is 13.6. The number of carbonyl (C=O) groups is 2. The molecule has 3 amide bonds. The number of amides is 3. The number of nitrogens with one attached hydrogen (secondary N) is 1. The second-order valence-electron chi connectivity index (χ2n) is 8.78. The predicted octanol–water partition coefficient (Wildman–Crippen LogP) is 4.19. The first-order chi connectivity index (χ1) is 16.5. The highest BCUT2D eigenvalue weighted by atomic mass is 35.5. The van der Waals surface area contributed by atoms with Gasteiger partial charge in [0, 0.05) is 17.8 Å². The molecule has 0 aliphatic carbocycles. The molecular weight excluding hydrogens is 491 g/mol. The number of nitrogens with two attached hydrogens (primary N) is 1. The topological polar surface area (TPSA) is 137 Å². The second-order valence-corrected chi connectivity index (χ2v) is 9.59. The molecule has 11 heteroatoms. The number of halogens is 2. The molecule has 0 fully saturated rings. The smallest absolute Gasteiger partial charge is 0.315 e. The van der Waals surface area contributed by atoms with Gasteiger partial charge in [0.2, 0.25) is 0 Å². The van der Waals surface area contributed by atoms with E-state index in [0.717, 1.165) is 0 Å². The first kappa shape index (κ1) is 24.5. The van der Waals surface area contributed by atoms with Crippen LogP contribution < -0.4 is 11.1 Å². The van der Waals surface area contributed by atoms with Crippen LogP contribution in [0.3, 0.4) is 0 Å². The summed E-state index contributed by atoms with van der Waals surface area (Å²) in [5.74, 6) is -0.488. The summed E-state index contributed by atoms with van der Waals surface area (Å²) in [7, 11) is 0. The first-order valence-electron chi connectivity index (χ1n) is 10.6. The Morgan fingerprint density at radius 2 is 1.89 bits per heavy atom. The van der Waals surface area contributed by atoms with Gasteiger partial charge >= 0.3 is 6.03 Å². The average molecular weight is 513 g/mol. The van der Waals surface area contributed by atoms with E-state index in [2.05, 4.69) is 5.32 Å². The van der Waals surface area contributed by atoms with Gasteiger partial charge in [0.1, 0.15) is 5.69 Å². The Morgan fingerprint density at radius 1 is 1.20 bits per heavy atom. The summed E-state index contributed by atoms with van der Waals surface area (Å²) in [5, 5.41) is 28.0. The van der Waals surface area contributed by atoms with Crippen LogP contribution >= 0.6 is 23.2 Å². The number of rotatable bonds is 4. The van der Waals surface area contributed by atoms with Crippen molar-refractivity contribution in [3.05, 3.63) is 69.3 Å². The van der Waals surface area contributed by atoms with Gasteiger partial charge in [-0.2, -0.15) is 10.4 Å². The third-order valence-corrected chi connectivity index (χ3v) is 6.60. The zero-order valence-corrected chi connectivity index (χ0v) is 20.4. The van der Waals surface area contributed by atoms with Gasteiger partial charge in [-0.25, -0.2) is 4.79 Å². The molecule has 1 aliphatic heterocycles. The van der Waals surface area contributed by atoms with Gasteiger partial charge in [-0.1, -0.05) is 29.3 Å². The van der Waals surface area contributed by atoms with Crippen molar-refractivity contribution >= 4 is 40.8 Å². The minimum atomic E-state index is -1.29. The molecule has 1 aromatic heterocycles. The Kier molecular flexibility index (Phi) is 6.47. The normalized spacial score (nSPS) is 15.3. The van der Waals surface area contributed by atoms with Crippen LogP contribution in [0.4, 0.5) is 10.5 Å². The van der Waals surface area contributed by atoms with Crippen LogP contribution in [0.15, 0.2) is 42.5 Å². The number of urea groups is 1. The van der Waals surface area contributed by atoms with Gasteiger partial charge in [-0.05, 0) is 50.2 Å². The van der Waals surface area contributed by atoms with E-state index in [0.29, 0.717) is 33.2 Å². The fourth-order valence-electron chi connectivity index (χ4n) is 4.01. The molecule has 2 aromatic carbocycles. The monoisotopic (exact) mass is 512 g/mol. The zero-order valence-electron chi connectivity index (χ0n) is 18.9. The van der Waals surface area contributed by atoms with Gasteiger partial charge < -0.3 is 21.1 Å². The molecule has 0 saturated heterocycles. The lowest BCUT2D eigenvalue weighted by Gasteiger charge is -2.39. The number of carbonyl (C=O) groups excluding carboxylic acids is 2. The van der Waals surface area contributed by atoms with Gasteiger partial charge in [0.05, 0.1) is 51.1 Å². The second kappa shape index (κ2) is 9.23. The van der Waals surface area contributed by atoms with E-state index >= 15 is 0 Å². The number of anilines is 1. The zero-order chi connectivity index (χ0) is 25.5. The van der Waals surface area contributed by atoms with Crippen LogP contribution in [0.5, 0.6) is 0 Å². The highest BCUT2D eigenvalue weighted by molar-refractivity contribution is 6.42. The van der Waals surface area contributed by atoms with Crippen LogP contribution in [-0.2, 0) is 6.54 Å². The number of primary amides is 1. The summed E-state index contributed by atoms with van der Waals surface area (Å²) in [4.78, 5) is 27.1. The lowest BCUT2D eigenvalue weighted by molar-refractivity contribution is -0.00403. The third kappa shape index (κ3) is 4.82. The number of aromatic nitrogens is 2. The largest absolute Gasteiger partial charge is 0.388 e. The number of hydrogen-bond donors (Lipinski definition) is 3. The summed E-state index contributed by atoms with van der Waals surface area (Å²) in [6, 6.07) is 12.0. The van der Waals surface area contributed by atoms with Crippen LogP contribution in [0, 0.1) is 11.3 Å². The maximum absolute atomic E-state index is 13.6. The molecule has 1 unspecified atom stereocenters. The van der Waals surface area contributed by atoms with Crippen molar-refractivity contribution in [2.24, 2.45) is 5.73 Å². The van der Waals surface area contributed by atoms with Crippen LogP contribution in [0.1, 0.15) is 41.5 Å². The van der Waals surface area contributed by atoms with E-state index in [1.807, 2.05) is 6.07 Å². The minimum absolute atomic E-state index is 0.0202. The molecule has 4 N–H and O–H groups in total. The number of aliphatic hydroxyl groups is 1. The van der Waals surface area contributed by atoms with Crippen molar-refractivity contribution in [2.45, 2.75) is 32.0 Å². The van der Waals surface area contributed by atoms with E-state index in [4.69, 9.17) is 39.3 Å². The van der Waals surface area contributed by atoms with Crippen molar-refractivity contribution in [3.8, 4) is 17.3 Å². The molecule has 35 heavy (non-hydrogen) atoms. The predicted molar refractivity (Wildman–Crippen MR) is 132 cm³/mol. The number of nitrogens with zero attached hydrogens (tertiary/aromatic N) is 4. The number of fused-ring (bicyclic) bond motifs is 1. The van der Waals surface area contributed by atoms with Crippen molar-refractivity contribution in [1.82, 2.24) is 14.7 Å². The summed E-state index contributed by atoms with van der Waals surface area (Å²) in [6.07, 6.45) is 0. The van der Waals surface area contributed by atoms with Gasteiger partial charge in [0.25, 0.3) is 5.91 Å². The molecule has 0 spiro atoms. The molecule has 180 valence electrons. The van der Waals surface area contributed by atoms with Crippen molar-refractivity contribution in [2.75, 3.05) is 11.9 Å². The summed E-state index contributed by atoms with van der Waals surface area (Å²) in [6.45, 7) is 3.34. The highest BCUT2D eigenvalue weighted by Gasteiger charge is 2.40. The molecule has 1 atom stereocenters. The minimum Gasteiger partial charge on any atom is -0.388 e. The van der Waals surface area contributed by atoms with Crippen molar-refractivity contribution < 1.29 is 14.7 Å². The lowest BCUT2D eigenvalue weighted by atomic mass is 9.95. The van der Waals surface area contributed by atoms with E-state index in [1.54, 1.807) is 61.0 Å². The van der Waals surface area contributed by atoms with Crippen LogP contribution in [0.25, 0.3) is 11.3 Å². The molecule has 0 bridgehead atoms.